The van der Waals surface area contributed by atoms with Gasteiger partial charge < -0.3 is 5.32 Å². The number of carbonyl (C=O) groups is 1. The molecule has 0 saturated carbocycles. The van der Waals surface area contributed by atoms with Crippen molar-refractivity contribution in [2.75, 3.05) is 5.32 Å². The van der Waals surface area contributed by atoms with Crippen LogP contribution in [0.3, 0.4) is 0 Å². The van der Waals surface area contributed by atoms with Crippen LogP contribution in [0.2, 0.25) is 5.02 Å². The average Bonchev–Trinajstić information content (AvgIpc) is 2.71. The SMILES string of the molecule is Cc1nn(CCC(=O)Nc2cccc(Cl)c2)c(C)c1[N+](=O)[O-]. The molecule has 0 bridgehead atoms. The van der Waals surface area contributed by atoms with E-state index in [2.05, 4.69) is 10.4 Å². The van der Waals surface area contributed by atoms with Gasteiger partial charge in [-0.25, -0.2) is 0 Å². The fourth-order valence-corrected chi connectivity index (χ4v) is 2.36. The van der Waals surface area contributed by atoms with Gasteiger partial charge in [0.25, 0.3) is 0 Å². The van der Waals surface area contributed by atoms with Gasteiger partial charge in [-0.1, -0.05) is 17.7 Å². The van der Waals surface area contributed by atoms with Crippen LogP contribution < -0.4 is 5.32 Å². The maximum atomic E-state index is 11.9. The Hall–Kier alpha value is -2.41. The van der Waals surface area contributed by atoms with Crippen LogP contribution in [0.1, 0.15) is 17.8 Å². The van der Waals surface area contributed by atoms with Crippen LogP contribution in [-0.2, 0) is 11.3 Å². The molecule has 0 radical (unpaired) electrons. The van der Waals surface area contributed by atoms with Crippen LogP contribution in [0.4, 0.5) is 11.4 Å². The van der Waals surface area contributed by atoms with Gasteiger partial charge in [-0.3, -0.25) is 19.6 Å². The van der Waals surface area contributed by atoms with Crippen molar-refractivity contribution in [2.24, 2.45) is 0 Å². The second-order valence-electron chi connectivity index (χ2n) is 4.81. The second-order valence-corrected chi connectivity index (χ2v) is 5.24. The van der Waals surface area contributed by atoms with E-state index in [-0.39, 0.29) is 24.6 Å². The van der Waals surface area contributed by atoms with E-state index in [4.69, 9.17) is 11.6 Å². The van der Waals surface area contributed by atoms with Gasteiger partial charge in [-0.05, 0) is 32.0 Å². The number of aromatic nitrogens is 2. The number of amides is 1. The van der Waals surface area contributed by atoms with Gasteiger partial charge >= 0.3 is 5.69 Å². The van der Waals surface area contributed by atoms with Crippen LogP contribution >= 0.6 is 11.6 Å². The fraction of sp³-hybridized carbons (Fsp3) is 0.286. The van der Waals surface area contributed by atoms with Gasteiger partial charge in [-0.2, -0.15) is 5.10 Å². The number of halogens is 1. The Morgan fingerprint density at radius 1 is 1.45 bits per heavy atom. The summed E-state index contributed by atoms with van der Waals surface area (Å²) in [7, 11) is 0. The van der Waals surface area contributed by atoms with Crippen LogP contribution in [0.15, 0.2) is 24.3 Å². The van der Waals surface area contributed by atoms with Gasteiger partial charge in [-0.15, -0.1) is 0 Å². The van der Waals surface area contributed by atoms with E-state index in [9.17, 15) is 14.9 Å². The molecule has 8 heteroatoms. The highest BCUT2D eigenvalue weighted by Gasteiger charge is 2.21. The first-order valence-electron chi connectivity index (χ1n) is 6.62. The molecule has 1 aromatic carbocycles. The molecule has 0 aliphatic heterocycles. The Morgan fingerprint density at radius 3 is 2.77 bits per heavy atom. The van der Waals surface area contributed by atoms with Crippen LogP contribution in [0.25, 0.3) is 0 Å². The van der Waals surface area contributed by atoms with Crippen molar-refractivity contribution in [2.45, 2.75) is 26.8 Å². The molecule has 0 aliphatic carbocycles. The molecular weight excluding hydrogens is 308 g/mol. The molecule has 2 rings (SSSR count). The lowest BCUT2D eigenvalue weighted by Crippen LogP contribution is -2.15. The van der Waals surface area contributed by atoms with Crippen molar-refractivity contribution in [1.82, 2.24) is 9.78 Å². The van der Waals surface area contributed by atoms with E-state index < -0.39 is 4.92 Å². The summed E-state index contributed by atoms with van der Waals surface area (Å²) in [4.78, 5) is 22.4. The van der Waals surface area contributed by atoms with Crippen molar-refractivity contribution < 1.29 is 9.72 Å². The molecule has 2 aromatic rings. The lowest BCUT2D eigenvalue weighted by molar-refractivity contribution is -0.386. The number of hydrogen-bond acceptors (Lipinski definition) is 4. The number of aryl methyl sites for hydroxylation is 2. The molecule has 0 aliphatic rings. The Labute approximate surface area is 132 Å². The highest BCUT2D eigenvalue weighted by molar-refractivity contribution is 6.30. The van der Waals surface area contributed by atoms with Crippen molar-refractivity contribution in [3.8, 4) is 0 Å². The van der Waals surface area contributed by atoms with E-state index in [0.29, 0.717) is 22.1 Å². The molecule has 0 atom stereocenters. The molecule has 0 spiro atoms. The number of anilines is 1. The van der Waals surface area contributed by atoms with Crippen LogP contribution in [-0.4, -0.2) is 20.6 Å². The maximum absolute atomic E-state index is 11.9. The maximum Gasteiger partial charge on any atom is 0.312 e. The zero-order chi connectivity index (χ0) is 16.3. The summed E-state index contributed by atoms with van der Waals surface area (Å²) in [5.41, 5.74) is 1.39. The van der Waals surface area contributed by atoms with Crippen molar-refractivity contribution in [1.29, 1.82) is 0 Å². The molecule has 0 fully saturated rings. The summed E-state index contributed by atoms with van der Waals surface area (Å²) in [6.07, 6.45) is 0.158. The number of hydrogen-bond donors (Lipinski definition) is 1. The average molecular weight is 323 g/mol. The van der Waals surface area contributed by atoms with Crippen molar-refractivity contribution >= 4 is 28.9 Å². The number of nitro groups is 1. The van der Waals surface area contributed by atoms with Gasteiger partial charge in [0.15, 0.2) is 0 Å². The molecule has 0 unspecified atom stereocenters. The number of carbonyl (C=O) groups excluding carboxylic acids is 1. The van der Waals surface area contributed by atoms with E-state index in [1.165, 1.54) is 4.68 Å². The molecule has 22 heavy (non-hydrogen) atoms. The molecule has 1 aromatic heterocycles. The largest absolute Gasteiger partial charge is 0.326 e. The first kappa shape index (κ1) is 16.0. The van der Waals surface area contributed by atoms with Crippen molar-refractivity contribution in [3.05, 3.63) is 50.8 Å². The summed E-state index contributed by atoms with van der Waals surface area (Å²) in [5.74, 6) is -0.211. The minimum atomic E-state index is -0.458. The Kier molecular flexibility index (Phi) is 4.77. The predicted molar refractivity (Wildman–Crippen MR) is 83.1 cm³/mol. The Balaban J connectivity index is 2.00. The van der Waals surface area contributed by atoms with Gasteiger partial charge in [0, 0.05) is 17.1 Å². The summed E-state index contributed by atoms with van der Waals surface area (Å²) in [6.45, 7) is 3.47. The number of rotatable bonds is 5. The third-order valence-electron chi connectivity index (χ3n) is 3.18. The van der Waals surface area contributed by atoms with E-state index in [0.717, 1.165) is 0 Å². The summed E-state index contributed by atoms with van der Waals surface area (Å²) in [6, 6.07) is 6.83. The number of nitrogens with one attached hydrogen (secondary N) is 1. The third kappa shape index (κ3) is 3.62. The van der Waals surface area contributed by atoms with Crippen LogP contribution in [0.5, 0.6) is 0 Å². The highest BCUT2D eigenvalue weighted by atomic mass is 35.5. The second kappa shape index (κ2) is 6.57. The fourth-order valence-electron chi connectivity index (χ4n) is 2.17. The number of nitrogens with zero attached hydrogens (tertiary/aromatic N) is 3. The Bertz CT molecular complexity index is 727. The number of benzene rings is 1. The topological polar surface area (TPSA) is 90.1 Å². The van der Waals surface area contributed by atoms with Gasteiger partial charge in [0.1, 0.15) is 11.4 Å². The summed E-state index contributed by atoms with van der Waals surface area (Å²) < 4.78 is 1.48. The molecule has 116 valence electrons. The van der Waals surface area contributed by atoms with Crippen LogP contribution in [0, 0.1) is 24.0 Å². The van der Waals surface area contributed by atoms with E-state index >= 15 is 0 Å². The summed E-state index contributed by atoms with van der Waals surface area (Å²) >= 11 is 5.84. The third-order valence-corrected chi connectivity index (χ3v) is 3.42. The molecule has 1 N–H and O–H groups in total. The lowest BCUT2D eigenvalue weighted by atomic mass is 10.3. The van der Waals surface area contributed by atoms with Crippen molar-refractivity contribution in [3.63, 3.8) is 0 Å². The molecule has 0 saturated heterocycles. The first-order chi connectivity index (χ1) is 10.4. The molecule has 1 amide bonds. The van der Waals surface area contributed by atoms with Gasteiger partial charge in [0.2, 0.25) is 5.91 Å². The molecular formula is C14H15ClN4O3. The van der Waals surface area contributed by atoms with E-state index in [1.807, 2.05) is 0 Å². The first-order valence-corrected chi connectivity index (χ1v) is 7.00. The minimum absolute atomic E-state index is 0.00440. The Morgan fingerprint density at radius 2 is 2.18 bits per heavy atom. The van der Waals surface area contributed by atoms with Gasteiger partial charge in [0.05, 0.1) is 11.5 Å². The highest BCUT2D eigenvalue weighted by Crippen LogP contribution is 2.22. The standard InChI is InChI=1S/C14H15ClN4O3/c1-9-14(19(21)22)10(2)18(17-9)7-6-13(20)16-12-5-3-4-11(15)8-12/h3-5,8H,6-7H2,1-2H3,(H,16,20). The molecule has 1 heterocycles. The minimum Gasteiger partial charge on any atom is -0.326 e. The predicted octanol–water partition coefficient (Wildman–Crippen LogP) is 3.09. The normalized spacial score (nSPS) is 10.5. The smallest absolute Gasteiger partial charge is 0.312 e. The lowest BCUT2D eigenvalue weighted by Gasteiger charge is -2.06. The van der Waals surface area contributed by atoms with E-state index in [1.54, 1.807) is 38.1 Å². The zero-order valence-electron chi connectivity index (χ0n) is 12.2. The quantitative estimate of drug-likeness (QED) is 0.676. The molecule has 7 nitrogen and oxygen atoms in total. The monoisotopic (exact) mass is 322 g/mol. The summed E-state index contributed by atoms with van der Waals surface area (Å²) in [5, 5.41) is 18.3. The zero-order valence-corrected chi connectivity index (χ0v) is 12.9.